The van der Waals surface area contributed by atoms with Gasteiger partial charge in [0.15, 0.2) is 5.11 Å². The first kappa shape index (κ1) is 17.1. The normalized spacial score (nSPS) is 10.2. The van der Waals surface area contributed by atoms with Gasteiger partial charge in [-0.15, -0.1) is 0 Å². The van der Waals surface area contributed by atoms with Crippen LogP contribution in [0, 0.1) is 5.82 Å². The zero-order valence-electron chi connectivity index (χ0n) is 13.3. The largest absolute Gasteiger partial charge is 0.371 e. The zero-order valence-corrected chi connectivity index (χ0v) is 14.2. The molecular weight excluding hydrogens is 311 g/mol. The number of rotatable bonds is 6. The molecule has 1 aromatic heterocycles. The maximum absolute atomic E-state index is 13.2. The van der Waals surface area contributed by atoms with Crippen LogP contribution in [-0.2, 0) is 6.54 Å². The number of benzene rings is 1. The minimum absolute atomic E-state index is 0.300. The lowest BCUT2D eigenvalue weighted by Gasteiger charge is -2.23. The topological polar surface area (TPSA) is 40.2 Å². The fourth-order valence-electron chi connectivity index (χ4n) is 2.32. The molecule has 0 unspecified atom stereocenters. The van der Waals surface area contributed by atoms with Crippen LogP contribution in [0.5, 0.6) is 0 Å². The molecule has 1 heterocycles. The number of hydrogen-bond donors (Lipinski definition) is 2. The fraction of sp³-hybridized carbons (Fsp3) is 0.294. The lowest BCUT2D eigenvalue weighted by atomic mass is 10.2. The van der Waals surface area contributed by atoms with Crippen LogP contribution in [0.1, 0.15) is 19.5 Å². The molecule has 0 aliphatic rings. The van der Waals surface area contributed by atoms with Crippen LogP contribution in [0.25, 0.3) is 0 Å². The summed E-state index contributed by atoms with van der Waals surface area (Å²) in [5, 5.41) is 6.52. The van der Waals surface area contributed by atoms with E-state index < -0.39 is 0 Å². The molecule has 0 atom stereocenters. The van der Waals surface area contributed by atoms with Crippen LogP contribution >= 0.6 is 12.2 Å². The molecule has 0 fully saturated rings. The monoisotopic (exact) mass is 332 g/mol. The molecule has 0 saturated heterocycles. The number of nitrogens with zero attached hydrogens (tertiary/aromatic N) is 2. The van der Waals surface area contributed by atoms with Crippen LogP contribution < -0.4 is 15.5 Å². The molecular formula is C17H21FN4S. The molecule has 0 spiro atoms. The smallest absolute Gasteiger partial charge is 0.171 e. The number of aromatic nitrogens is 1. The number of halogens is 1. The summed E-state index contributed by atoms with van der Waals surface area (Å²) in [5.41, 5.74) is 2.64. The van der Waals surface area contributed by atoms with E-state index in [-0.39, 0.29) is 5.82 Å². The van der Waals surface area contributed by atoms with E-state index in [1.807, 2.05) is 6.07 Å². The molecule has 0 bridgehead atoms. The number of thiocarbonyl (C=S) groups is 1. The molecule has 23 heavy (non-hydrogen) atoms. The molecule has 0 amide bonds. The molecule has 2 rings (SSSR count). The quantitative estimate of drug-likeness (QED) is 0.792. The Bertz CT molecular complexity index is 659. The summed E-state index contributed by atoms with van der Waals surface area (Å²) in [6, 6.07) is 10.2. The van der Waals surface area contributed by atoms with Crippen LogP contribution in [0.4, 0.5) is 15.8 Å². The van der Waals surface area contributed by atoms with E-state index in [1.165, 1.54) is 12.1 Å². The second-order valence-corrected chi connectivity index (χ2v) is 5.37. The van der Waals surface area contributed by atoms with Gasteiger partial charge >= 0.3 is 0 Å². The standard InChI is InChI=1S/C17H21FN4S/c1-3-22(4-2)16-9-6-10-19-15(16)12-20-17(23)21-14-8-5-7-13(18)11-14/h5-11H,3-4,12H2,1-2H3,(H2,20,21,23). The first-order valence-corrected chi connectivity index (χ1v) is 8.04. The van der Waals surface area contributed by atoms with Gasteiger partial charge in [0.2, 0.25) is 0 Å². The Labute approximate surface area is 141 Å². The van der Waals surface area contributed by atoms with E-state index in [1.54, 1.807) is 18.3 Å². The predicted molar refractivity (Wildman–Crippen MR) is 97.3 cm³/mol. The number of anilines is 2. The third-order valence-corrected chi connectivity index (χ3v) is 3.72. The summed E-state index contributed by atoms with van der Waals surface area (Å²) in [6.45, 7) is 6.57. The molecule has 0 saturated carbocycles. The van der Waals surface area contributed by atoms with Crippen molar-refractivity contribution in [1.82, 2.24) is 10.3 Å². The summed E-state index contributed by atoms with van der Waals surface area (Å²) in [7, 11) is 0. The van der Waals surface area contributed by atoms with E-state index in [2.05, 4.69) is 40.4 Å². The lowest BCUT2D eigenvalue weighted by Crippen LogP contribution is -2.30. The van der Waals surface area contributed by atoms with Crippen LogP contribution in [0.3, 0.4) is 0 Å². The summed E-state index contributed by atoms with van der Waals surface area (Å²) < 4.78 is 13.2. The van der Waals surface area contributed by atoms with Crippen molar-refractivity contribution in [3.63, 3.8) is 0 Å². The van der Waals surface area contributed by atoms with Gasteiger partial charge < -0.3 is 15.5 Å². The molecule has 4 nitrogen and oxygen atoms in total. The average molecular weight is 332 g/mol. The van der Waals surface area contributed by atoms with Gasteiger partial charge in [-0.25, -0.2) is 4.39 Å². The third-order valence-electron chi connectivity index (χ3n) is 3.47. The van der Waals surface area contributed by atoms with Crippen molar-refractivity contribution in [3.05, 3.63) is 54.1 Å². The fourth-order valence-corrected chi connectivity index (χ4v) is 2.51. The average Bonchev–Trinajstić information content (AvgIpc) is 2.55. The predicted octanol–water partition coefficient (Wildman–Crippen LogP) is 3.55. The maximum Gasteiger partial charge on any atom is 0.171 e. The molecule has 2 N–H and O–H groups in total. The Balaban J connectivity index is 1.99. The second-order valence-electron chi connectivity index (χ2n) is 4.96. The van der Waals surface area contributed by atoms with Gasteiger partial charge in [0.1, 0.15) is 5.82 Å². The highest BCUT2D eigenvalue weighted by Crippen LogP contribution is 2.17. The number of hydrogen-bond acceptors (Lipinski definition) is 3. The van der Waals surface area contributed by atoms with E-state index >= 15 is 0 Å². The van der Waals surface area contributed by atoms with Gasteiger partial charge in [0, 0.05) is 25.0 Å². The van der Waals surface area contributed by atoms with Gasteiger partial charge in [0.05, 0.1) is 17.9 Å². The first-order chi connectivity index (χ1) is 11.1. The molecule has 2 aromatic rings. The summed E-state index contributed by atoms with van der Waals surface area (Å²) in [6.07, 6.45) is 1.77. The van der Waals surface area contributed by atoms with E-state index in [9.17, 15) is 4.39 Å². The second kappa shape index (κ2) is 8.43. The Kier molecular flexibility index (Phi) is 6.29. The van der Waals surface area contributed by atoms with Crippen LogP contribution in [-0.4, -0.2) is 23.2 Å². The first-order valence-electron chi connectivity index (χ1n) is 7.63. The molecule has 0 aliphatic heterocycles. The molecule has 6 heteroatoms. The maximum atomic E-state index is 13.2. The minimum Gasteiger partial charge on any atom is -0.371 e. The van der Waals surface area contributed by atoms with Crippen molar-refractivity contribution in [2.24, 2.45) is 0 Å². The van der Waals surface area contributed by atoms with E-state index in [0.29, 0.717) is 17.3 Å². The van der Waals surface area contributed by atoms with E-state index in [4.69, 9.17) is 12.2 Å². The molecule has 0 aliphatic carbocycles. The van der Waals surface area contributed by atoms with Gasteiger partial charge in [0.25, 0.3) is 0 Å². The third kappa shape index (κ3) is 4.89. The van der Waals surface area contributed by atoms with Gasteiger partial charge in [-0.1, -0.05) is 6.07 Å². The van der Waals surface area contributed by atoms with Crippen LogP contribution in [0.15, 0.2) is 42.6 Å². The van der Waals surface area contributed by atoms with Crippen molar-refractivity contribution in [2.75, 3.05) is 23.3 Å². The van der Waals surface area contributed by atoms with E-state index in [0.717, 1.165) is 24.5 Å². The highest BCUT2D eigenvalue weighted by molar-refractivity contribution is 7.80. The molecule has 122 valence electrons. The lowest BCUT2D eigenvalue weighted by molar-refractivity contribution is 0.628. The minimum atomic E-state index is -0.300. The van der Waals surface area contributed by atoms with Crippen molar-refractivity contribution >= 4 is 28.7 Å². The number of nitrogens with one attached hydrogen (secondary N) is 2. The van der Waals surface area contributed by atoms with Crippen molar-refractivity contribution in [1.29, 1.82) is 0 Å². The Morgan fingerprint density at radius 1 is 1.22 bits per heavy atom. The Hall–Kier alpha value is -2.21. The van der Waals surface area contributed by atoms with Crippen molar-refractivity contribution < 1.29 is 4.39 Å². The Morgan fingerprint density at radius 3 is 2.70 bits per heavy atom. The zero-order chi connectivity index (χ0) is 16.7. The highest BCUT2D eigenvalue weighted by Gasteiger charge is 2.09. The summed E-state index contributed by atoms with van der Waals surface area (Å²) in [5.74, 6) is -0.300. The highest BCUT2D eigenvalue weighted by atomic mass is 32.1. The Morgan fingerprint density at radius 2 is 2.00 bits per heavy atom. The van der Waals surface area contributed by atoms with Gasteiger partial charge in [-0.3, -0.25) is 4.98 Å². The van der Waals surface area contributed by atoms with Gasteiger partial charge in [-0.05, 0) is 56.4 Å². The number of pyridine rings is 1. The molecule has 1 aromatic carbocycles. The SMILES string of the molecule is CCN(CC)c1cccnc1CNC(=S)Nc1cccc(F)c1. The summed E-state index contributed by atoms with van der Waals surface area (Å²) >= 11 is 5.26. The van der Waals surface area contributed by atoms with Gasteiger partial charge in [-0.2, -0.15) is 0 Å². The van der Waals surface area contributed by atoms with Crippen molar-refractivity contribution in [2.45, 2.75) is 20.4 Å². The molecule has 0 radical (unpaired) electrons. The van der Waals surface area contributed by atoms with Crippen molar-refractivity contribution in [3.8, 4) is 0 Å². The van der Waals surface area contributed by atoms with Crippen LogP contribution in [0.2, 0.25) is 0 Å². The summed E-state index contributed by atoms with van der Waals surface area (Å²) in [4.78, 5) is 6.68.